The minimum absolute atomic E-state index is 0.526. The number of nitrogens with zero attached hydrogens (tertiary/aromatic N) is 1. The van der Waals surface area contributed by atoms with Crippen LogP contribution in [0.3, 0.4) is 0 Å². The molecule has 0 fully saturated rings. The van der Waals surface area contributed by atoms with Crippen molar-refractivity contribution >= 4 is 0 Å². The largest absolute Gasteiger partial charge is 0.387 e. The predicted molar refractivity (Wildman–Crippen MR) is 31.9 cm³/mol. The monoisotopic (exact) mass is 127 g/mol. The van der Waals surface area contributed by atoms with E-state index in [1.54, 1.807) is 19.9 Å². The number of rotatable bonds is 1. The van der Waals surface area contributed by atoms with Crippen molar-refractivity contribution < 1.29 is 9.63 Å². The Kier molecular flexibility index (Phi) is 1.53. The summed E-state index contributed by atoms with van der Waals surface area (Å²) >= 11 is 0. The first-order valence-electron chi connectivity index (χ1n) is 2.81. The van der Waals surface area contributed by atoms with Gasteiger partial charge in [-0.2, -0.15) is 0 Å². The van der Waals surface area contributed by atoms with Crippen LogP contribution >= 0.6 is 0 Å². The second kappa shape index (κ2) is 2.19. The van der Waals surface area contributed by atoms with E-state index < -0.39 is 6.10 Å². The smallest absolute Gasteiger partial charge is 0.134 e. The lowest BCUT2D eigenvalue weighted by Crippen LogP contribution is -1.88. The molecule has 3 heteroatoms. The molecule has 0 saturated heterocycles. The Balaban J connectivity index is 2.85. The van der Waals surface area contributed by atoms with Gasteiger partial charge in [-0.3, -0.25) is 0 Å². The molecule has 3 nitrogen and oxygen atoms in total. The van der Waals surface area contributed by atoms with Gasteiger partial charge in [-0.05, 0) is 13.8 Å². The van der Waals surface area contributed by atoms with E-state index in [0.29, 0.717) is 5.69 Å². The molecule has 0 spiro atoms. The summed E-state index contributed by atoms with van der Waals surface area (Å²) in [7, 11) is 0. The molecule has 1 N–H and O–H groups in total. The number of aliphatic hydroxyl groups excluding tert-OH is 1. The van der Waals surface area contributed by atoms with Crippen LogP contribution < -0.4 is 0 Å². The molecule has 0 radical (unpaired) electrons. The average Bonchev–Trinajstić information content (AvgIpc) is 2.14. The Morgan fingerprint density at radius 2 is 2.44 bits per heavy atom. The molecular weight excluding hydrogens is 118 g/mol. The zero-order chi connectivity index (χ0) is 6.85. The Labute approximate surface area is 53.3 Å². The van der Waals surface area contributed by atoms with Crippen LogP contribution in [0.2, 0.25) is 0 Å². The maximum absolute atomic E-state index is 8.91. The van der Waals surface area contributed by atoms with Gasteiger partial charge in [-0.25, -0.2) is 0 Å². The van der Waals surface area contributed by atoms with Crippen molar-refractivity contribution in [1.29, 1.82) is 0 Å². The summed E-state index contributed by atoms with van der Waals surface area (Å²) in [6.07, 6.45) is -0.526. The summed E-state index contributed by atoms with van der Waals surface area (Å²) in [6.45, 7) is 3.44. The van der Waals surface area contributed by atoms with E-state index in [4.69, 9.17) is 9.63 Å². The molecule has 1 rings (SSSR count). The third-order valence-corrected chi connectivity index (χ3v) is 1.07. The van der Waals surface area contributed by atoms with E-state index in [2.05, 4.69) is 5.16 Å². The summed E-state index contributed by atoms with van der Waals surface area (Å²) < 4.78 is 4.72. The normalized spacial score (nSPS) is 13.7. The van der Waals surface area contributed by atoms with Gasteiger partial charge in [0.1, 0.15) is 11.5 Å². The Morgan fingerprint density at radius 3 is 2.67 bits per heavy atom. The SMILES string of the molecule is Cc1cc([C@H](C)O)no1. The van der Waals surface area contributed by atoms with Gasteiger partial charge < -0.3 is 9.63 Å². The third-order valence-electron chi connectivity index (χ3n) is 1.07. The van der Waals surface area contributed by atoms with Gasteiger partial charge in [0.15, 0.2) is 0 Å². The molecule has 0 amide bonds. The Bertz CT molecular complexity index is 193. The lowest BCUT2D eigenvalue weighted by molar-refractivity contribution is 0.187. The van der Waals surface area contributed by atoms with E-state index in [1.807, 2.05) is 0 Å². The summed E-state index contributed by atoms with van der Waals surface area (Å²) in [4.78, 5) is 0. The molecule has 0 aliphatic rings. The highest BCUT2D eigenvalue weighted by molar-refractivity contribution is 5.05. The van der Waals surface area contributed by atoms with Crippen molar-refractivity contribution in [3.8, 4) is 0 Å². The molecule has 1 heterocycles. The molecule has 1 aromatic rings. The van der Waals surface area contributed by atoms with Crippen molar-refractivity contribution in [3.63, 3.8) is 0 Å². The molecular formula is C6H9NO2. The number of aryl methyl sites for hydroxylation is 1. The molecule has 0 aliphatic heterocycles. The standard InChI is InChI=1S/C6H9NO2/c1-4-3-6(5(2)8)7-9-4/h3,5,8H,1-2H3/t5-/m0/s1. The summed E-state index contributed by atoms with van der Waals surface area (Å²) in [5, 5.41) is 12.5. The third kappa shape index (κ3) is 1.29. The van der Waals surface area contributed by atoms with E-state index in [9.17, 15) is 0 Å². The van der Waals surface area contributed by atoms with Gasteiger partial charge in [0, 0.05) is 6.07 Å². The first-order valence-corrected chi connectivity index (χ1v) is 2.81. The van der Waals surface area contributed by atoms with Crippen LogP contribution in [0.4, 0.5) is 0 Å². The Morgan fingerprint density at radius 1 is 1.78 bits per heavy atom. The highest BCUT2D eigenvalue weighted by Gasteiger charge is 2.04. The lowest BCUT2D eigenvalue weighted by Gasteiger charge is -1.92. The maximum Gasteiger partial charge on any atom is 0.134 e. The molecule has 50 valence electrons. The summed E-state index contributed by atoms with van der Waals surface area (Å²) in [6, 6.07) is 1.71. The van der Waals surface area contributed by atoms with Gasteiger partial charge in [0.2, 0.25) is 0 Å². The van der Waals surface area contributed by atoms with Gasteiger partial charge >= 0.3 is 0 Å². The quantitative estimate of drug-likeness (QED) is 0.613. The van der Waals surface area contributed by atoms with Crippen LogP contribution in [0, 0.1) is 6.92 Å². The van der Waals surface area contributed by atoms with Crippen molar-refractivity contribution in [3.05, 3.63) is 17.5 Å². The average molecular weight is 127 g/mol. The molecule has 0 saturated carbocycles. The second-order valence-corrected chi connectivity index (χ2v) is 2.04. The number of hydrogen-bond acceptors (Lipinski definition) is 3. The first kappa shape index (κ1) is 6.29. The zero-order valence-corrected chi connectivity index (χ0v) is 5.46. The molecule has 1 atom stereocenters. The molecule has 0 aliphatic carbocycles. The fourth-order valence-corrected chi connectivity index (χ4v) is 0.583. The van der Waals surface area contributed by atoms with Crippen molar-refractivity contribution in [2.45, 2.75) is 20.0 Å². The van der Waals surface area contributed by atoms with E-state index in [-0.39, 0.29) is 0 Å². The highest BCUT2D eigenvalue weighted by atomic mass is 16.5. The predicted octanol–water partition coefficient (Wildman–Crippen LogP) is 1.04. The fraction of sp³-hybridized carbons (Fsp3) is 0.500. The molecule has 0 aromatic carbocycles. The van der Waals surface area contributed by atoms with Gasteiger partial charge in [0.05, 0.1) is 6.10 Å². The van der Waals surface area contributed by atoms with Crippen LogP contribution in [-0.4, -0.2) is 10.3 Å². The summed E-state index contributed by atoms with van der Waals surface area (Å²) in [5.41, 5.74) is 0.590. The lowest BCUT2D eigenvalue weighted by atomic mass is 10.3. The van der Waals surface area contributed by atoms with Crippen LogP contribution in [0.25, 0.3) is 0 Å². The number of hydrogen-bond donors (Lipinski definition) is 1. The first-order chi connectivity index (χ1) is 4.20. The minimum Gasteiger partial charge on any atom is -0.387 e. The van der Waals surface area contributed by atoms with Crippen molar-refractivity contribution in [2.75, 3.05) is 0 Å². The zero-order valence-electron chi connectivity index (χ0n) is 5.46. The fourth-order valence-electron chi connectivity index (χ4n) is 0.583. The van der Waals surface area contributed by atoms with E-state index in [1.165, 1.54) is 0 Å². The molecule has 9 heavy (non-hydrogen) atoms. The topological polar surface area (TPSA) is 46.3 Å². The number of aliphatic hydroxyl groups is 1. The maximum atomic E-state index is 8.91. The highest BCUT2D eigenvalue weighted by Crippen LogP contribution is 2.10. The van der Waals surface area contributed by atoms with Crippen molar-refractivity contribution in [1.82, 2.24) is 5.16 Å². The summed E-state index contributed by atoms with van der Waals surface area (Å²) in [5.74, 6) is 0.728. The second-order valence-electron chi connectivity index (χ2n) is 2.04. The van der Waals surface area contributed by atoms with Crippen LogP contribution in [0.15, 0.2) is 10.6 Å². The van der Waals surface area contributed by atoms with Gasteiger partial charge in [0.25, 0.3) is 0 Å². The molecule has 0 unspecified atom stereocenters. The number of aromatic nitrogens is 1. The van der Waals surface area contributed by atoms with Crippen LogP contribution in [0.1, 0.15) is 24.5 Å². The van der Waals surface area contributed by atoms with E-state index >= 15 is 0 Å². The molecule has 0 bridgehead atoms. The molecule has 1 aromatic heterocycles. The Hall–Kier alpha value is -0.830. The van der Waals surface area contributed by atoms with Crippen LogP contribution in [-0.2, 0) is 0 Å². The van der Waals surface area contributed by atoms with Gasteiger partial charge in [-0.1, -0.05) is 5.16 Å². The minimum atomic E-state index is -0.526. The van der Waals surface area contributed by atoms with Crippen molar-refractivity contribution in [2.24, 2.45) is 0 Å². The van der Waals surface area contributed by atoms with E-state index in [0.717, 1.165) is 5.76 Å². The van der Waals surface area contributed by atoms with Crippen LogP contribution in [0.5, 0.6) is 0 Å². The van der Waals surface area contributed by atoms with Gasteiger partial charge in [-0.15, -0.1) is 0 Å².